The Bertz CT molecular complexity index is 539. The van der Waals surface area contributed by atoms with Crippen LogP contribution >= 0.6 is 0 Å². The van der Waals surface area contributed by atoms with E-state index < -0.39 is 0 Å². The van der Waals surface area contributed by atoms with Crippen LogP contribution in [0.5, 0.6) is 11.8 Å². The Labute approximate surface area is 124 Å². The lowest BCUT2D eigenvalue weighted by atomic mass is 10.3. The van der Waals surface area contributed by atoms with Gasteiger partial charge in [-0.2, -0.15) is 5.10 Å². The molecule has 0 aliphatic heterocycles. The normalized spacial score (nSPS) is 11.0. The van der Waals surface area contributed by atoms with E-state index in [1.54, 1.807) is 25.7 Å². The Balaban J connectivity index is 1.86. The van der Waals surface area contributed by atoms with Gasteiger partial charge in [-0.05, 0) is 13.8 Å². The van der Waals surface area contributed by atoms with Gasteiger partial charge in [-0.1, -0.05) is 0 Å². The van der Waals surface area contributed by atoms with Gasteiger partial charge in [0.15, 0.2) is 5.75 Å². The number of nitrogens with zero attached hydrogens (tertiary/aromatic N) is 4. The average molecular weight is 291 g/mol. The van der Waals surface area contributed by atoms with Crippen LogP contribution < -0.4 is 10.1 Å². The van der Waals surface area contributed by atoms with E-state index in [9.17, 15) is 0 Å². The first-order valence-electron chi connectivity index (χ1n) is 6.91. The molecule has 0 unspecified atom stereocenters. The standard InChI is InChI=1S/C14H21N5O2/c1-11(2)19-10-13(9-18-19)21-14-16-7-12(8-17-14)6-15-4-5-20-3/h7-11,15H,4-6H2,1-3H3. The molecule has 21 heavy (non-hydrogen) atoms. The topological polar surface area (TPSA) is 74.1 Å². The zero-order valence-corrected chi connectivity index (χ0v) is 12.6. The summed E-state index contributed by atoms with van der Waals surface area (Å²) in [5, 5.41) is 7.43. The molecular weight excluding hydrogens is 270 g/mol. The minimum atomic E-state index is 0.295. The van der Waals surface area contributed by atoms with Crippen molar-refractivity contribution in [2.75, 3.05) is 20.3 Å². The van der Waals surface area contributed by atoms with E-state index in [4.69, 9.17) is 9.47 Å². The van der Waals surface area contributed by atoms with Crippen molar-refractivity contribution in [1.82, 2.24) is 25.1 Å². The molecule has 0 bridgehead atoms. The maximum atomic E-state index is 5.56. The second-order valence-corrected chi connectivity index (χ2v) is 4.90. The Morgan fingerprint density at radius 2 is 2.00 bits per heavy atom. The minimum absolute atomic E-state index is 0.295. The van der Waals surface area contributed by atoms with Gasteiger partial charge < -0.3 is 14.8 Å². The zero-order chi connectivity index (χ0) is 15.1. The Hall–Kier alpha value is -1.99. The highest BCUT2D eigenvalue weighted by Crippen LogP contribution is 2.17. The summed E-state index contributed by atoms with van der Waals surface area (Å²) < 4.78 is 12.3. The first-order chi connectivity index (χ1) is 10.2. The van der Waals surface area contributed by atoms with Crippen LogP contribution in [0.25, 0.3) is 0 Å². The largest absolute Gasteiger partial charge is 0.421 e. The molecule has 0 aromatic carbocycles. The number of rotatable bonds is 8. The van der Waals surface area contributed by atoms with Crippen LogP contribution in [-0.2, 0) is 11.3 Å². The van der Waals surface area contributed by atoms with Gasteiger partial charge in [0, 0.05) is 44.2 Å². The third kappa shape index (κ3) is 4.80. The third-order valence-corrected chi connectivity index (χ3v) is 2.81. The van der Waals surface area contributed by atoms with E-state index in [1.807, 2.05) is 10.9 Å². The molecule has 7 heteroatoms. The molecule has 1 N–H and O–H groups in total. The molecule has 0 aliphatic rings. The lowest BCUT2D eigenvalue weighted by Crippen LogP contribution is -2.18. The molecule has 7 nitrogen and oxygen atoms in total. The predicted molar refractivity (Wildman–Crippen MR) is 78.3 cm³/mol. The second-order valence-electron chi connectivity index (χ2n) is 4.90. The lowest BCUT2D eigenvalue weighted by molar-refractivity contribution is 0.199. The summed E-state index contributed by atoms with van der Waals surface area (Å²) in [5.74, 6) is 0.634. The fraction of sp³-hybridized carbons (Fsp3) is 0.500. The summed E-state index contributed by atoms with van der Waals surface area (Å²) in [4.78, 5) is 8.37. The first kappa shape index (κ1) is 15.4. The summed E-state index contributed by atoms with van der Waals surface area (Å²) in [6, 6.07) is 0.614. The summed E-state index contributed by atoms with van der Waals surface area (Å²) in [6.45, 7) is 6.29. The highest BCUT2D eigenvalue weighted by molar-refractivity contribution is 5.18. The van der Waals surface area contributed by atoms with Gasteiger partial charge in [0.05, 0.1) is 19.0 Å². The number of methoxy groups -OCH3 is 1. The van der Waals surface area contributed by atoms with Crippen LogP contribution in [0, 0.1) is 0 Å². The SMILES string of the molecule is COCCNCc1cnc(Oc2cnn(C(C)C)c2)nc1. The quantitative estimate of drug-likeness (QED) is 0.747. The van der Waals surface area contributed by atoms with Crippen LogP contribution in [0.1, 0.15) is 25.5 Å². The molecule has 0 amide bonds. The van der Waals surface area contributed by atoms with Crippen molar-refractivity contribution in [3.8, 4) is 11.8 Å². The van der Waals surface area contributed by atoms with Crippen molar-refractivity contribution < 1.29 is 9.47 Å². The van der Waals surface area contributed by atoms with Crippen molar-refractivity contribution in [3.63, 3.8) is 0 Å². The van der Waals surface area contributed by atoms with Crippen LogP contribution in [0.15, 0.2) is 24.8 Å². The molecule has 0 spiro atoms. The van der Waals surface area contributed by atoms with Crippen molar-refractivity contribution in [2.24, 2.45) is 0 Å². The second kappa shape index (κ2) is 7.70. The van der Waals surface area contributed by atoms with E-state index >= 15 is 0 Å². The highest BCUT2D eigenvalue weighted by Gasteiger charge is 2.05. The van der Waals surface area contributed by atoms with Crippen LogP contribution in [-0.4, -0.2) is 40.0 Å². The number of hydrogen-bond donors (Lipinski definition) is 1. The van der Waals surface area contributed by atoms with E-state index in [-0.39, 0.29) is 0 Å². The van der Waals surface area contributed by atoms with Crippen molar-refractivity contribution in [1.29, 1.82) is 0 Å². The molecule has 0 saturated carbocycles. The molecule has 0 saturated heterocycles. The van der Waals surface area contributed by atoms with Gasteiger partial charge in [0.25, 0.3) is 0 Å². The van der Waals surface area contributed by atoms with Crippen LogP contribution in [0.4, 0.5) is 0 Å². The third-order valence-electron chi connectivity index (χ3n) is 2.81. The maximum absolute atomic E-state index is 5.56. The van der Waals surface area contributed by atoms with Crippen LogP contribution in [0.2, 0.25) is 0 Å². The molecule has 2 rings (SSSR count). The van der Waals surface area contributed by atoms with E-state index in [1.165, 1.54) is 0 Å². The van der Waals surface area contributed by atoms with Gasteiger partial charge in [-0.3, -0.25) is 4.68 Å². The van der Waals surface area contributed by atoms with E-state index in [0.717, 1.165) is 12.1 Å². The number of aromatic nitrogens is 4. The monoisotopic (exact) mass is 291 g/mol. The molecule has 0 fully saturated rings. The van der Waals surface area contributed by atoms with Gasteiger partial charge in [0.2, 0.25) is 0 Å². The van der Waals surface area contributed by atoms with Gasteiger partial charge in [-0.15, -0.1) is 0 Å². The van der Waals surface area contributed by atoms with E-state index in [0.29, 0.717) is 31.0 Å². The summed E-state index contributed by atoms with van der Waals surface area (Å²) in [6.07, 6.45) is 6.97. The first-order valence-corrected chi connectivity index (χ1v) is 6.91. The fourth-order valence-electron chi connectivity index (χ4n) is 1.65. The summed E-state index contributed by atoms with van der Waals surface area (Å²) in [5.41, 5.74) is 0.997. The molecule has 0 radical (unpaired) electrons. The van der Waals surface area contributed by atoms with Crippen molar-refractivity contribution in [3.05, 3.63) is 30.4 Å². The smallest absolute Gasteiger partial charge is 0.321 e. The molecule has 2 aromatic rings. The maximum Gasteiger partial charge on any atom is 0.321 e. The van der Waals surface area contributed by atoms with Gasteiger partial charge in [0.1, 0.15) is 0 Å². The van der Waals surface area contributed by atoms with Gasteiger partial charge >= 0.3 is 6.01 Å². The molecule has 114 valence electrons. The Morgan fingerprint density at radius 3 is 2.62 bits per heavy atom. The summed E-state index contributed by atoms with van der Waals surface area (Å²) >= 11 is 0. The molecule has 2 heterocycles. The molecule has 0 aliphatic carbocycles. The Morgan fingerprint density at radius 1 is 1.24 bits per heavy atom. The van der Waals surface area contributed by atoms with Crippen molar-refractivity contribution in [2.45, 2.75) is 26.4 Å². The van der Waals surface area contributed by atoms with E-state index in [2.05, 4.69) is 34.2 Å². The molecular formula is C14H21N5O2. The number of ether oxygens (including phenoxy) is 2. The van der Waals surface area contributed by atoms with Crippen molar-refractivity contribution >= 4 is 0 Å². The average Bonchev–Trinajstić information content (AvgIpc) is 2.94. The zero-order valence-electron chi connectivity index (χ0n) is 12.6. The number of hydrogen-bond acceptors (Lipinski definition) is 6. The van der Waals surface area contributed by atoms with Gasteiger partial charge in [-0.25, -0.2) is 9.97 Å². The fourth-order valence-corrected chi connectivity index (χ4v) is 1.65. The lowest BCUT2D eigenvalue weighted by Gasteiger charge is -2.05. The summed E-state index contributed by atoms with van der Waals surface area (Å²) in [7, 11) is 1.68. The van der Waals surface area contributed by atoms with Crippen LogP contribution in [0.3, 0.4) is 0 Å². The highest BCUT2D eigenvalue weighted by atomic mass is 16.5. The molecule has 2 aromatic heterocycles. The Kier molecular flexibility index (Phi) is 5.65. The molecule has 0 atom stereocenters. The minimum Gasteiger partial charge on any atom is -0.421 e. The predicted octanol–water partition coefficient (Wildman–Crippen LogP) is 1.78. The number of nitrogens with one attached hydrogen (secondary N) is 1.